The first-order valence-corrected chi connectivity index (χ1v) is 6.89. The SMILES string of the molecule is CCn1nc(C)c(Cl)c1CNCCc1cnn(C)c1. The fraction of sp³-hybridized carbons (Fsp3) is 0.538. The molecule has 0 aliphatic rings. The lowest BCUT2D eigenvalue weighted by Crippen LogP contribution is -2.19. The van der Waals surface area contributed by atoms with Crippen molar-refractivity contribution < 1.29 is 0 Å². The number of rotatable bonds is 6. The molecule has 0 aliphatic carbocycles. The molecule has 2 aromatic rings. The summed E-state index contributed by atoms with van der Waals surface area (Å²) in [5.41, 5.74) is 3.20. The van der Waals surface area contributed by atoms with Crippen LogP contribution >= 0.6 is 11.6 Å². The third-order valence-corrected chi connectivity index (χ3v) is 3.59. The zero-order chi connectivity index (χ0) is 13.8. The zero-order valence-corrected chi connectivity index (χ0v) is 12.4. The smallest absolute Gasteiger partial charge is 0.0860 e. The molecule has 1 N–H and O–H groups in total. The highest BCUT2D eigenvalue weighted by atomic mass is 35.5. The van der Waals surface area contributed by atoms with Gasteiger partial charge in [-0.15, -0.1) is 0 Å². The number of halogens is 1. The molecular formula is C13H20ClN5. The third-order valence-electron chi connectivity index (χ3n) is 3.09. The zero-order valence-electron chi connectivity index (χ0n) is 11.6. The fourth-order valence-corrected chi connectivity index (χ4v) is 2.28. The van der Waals surface area contributed by atoms with Crippen molar-refractivity contribution >= 4 is 11.6 Å². The van der Waals surface area contributed by atoms with E-state index in [1.807, 2.05) is 35.7 Å². The quantitative estimate of drug-likeness (QED) is 0.823. The number of aromatic nitrogens is 4. The van der Waals surface area contributed by atoms with Crippen LogP contribution in [0.25, 0.3) is 0 Å². The highest BCUT2D eigenvalue weighted by molar-refractivity contribution is 6.31. The van der Waals surface area contributed by atoms with Crippen molar-refractivity contribution in [1.29, 1.82) is 0 Å². The molecule has 19 heavy (non-hydrogen) atoms. The van der Waals surface area contributed by atoms with Crippen molar-refractivity contribution in [3.63, 3.8) is 0 Å². The maximum Gasteiger partial charge on any atom is 0.0860 e. The Labute approximate surface area is 118 Å². The molecule has 0 aliphatic heterocycles. The minimum Gasteiger partial charge on any atom is -0.311 e. The van der Waals surface area contributed by atoms with Gasteiger partial charge in [0.2, 0.25) is 0 Å². The van der Waals surface area contributed by atoms with Crippen molar-refractivity contribution in [2.75, 3.05) is 6.54 Å². The maximum atomic E-state index is 6.26. The molecule has 5 nitrogen and oxygen atoms in total. The topological polar surface area (TPSA) is 47.7 Å². The van der Waals surface area contributed by atoms with Crippen LogP contribution in [-0.4, -0.2) is 26.1 Å². The van der Waals surface area contributed by atoms with Crippen LogP contribution in [0.3, 0.4) is 0 Å². The number of nitrogens with zero attached hydrogens (tertiary/aromatic N) is 4. The summed E-state index contributed by atoms with van der Waals surface area (Å²) in [5.74, 6) is 0. The molecule has 0 saturated heterocycles. The van der Waals surface area contributed by atoms with Crippen molar-refractivity contribution in [1.82, 2.24) is 24.9 Å². The first-order chi connectivity index (χ1) is 9.11. The molecule has 2 heterocycles. The normalized spacial score (nSPS) is 11.2. The van der Waals surface area contributed by atoms with E-state index in [-0.39, 0.29) is 0 Å². The fourth-order valence-electron chi connectivity index (χ4n) is 2.08. The summed E-state index contributed by atoms with van der Waals surface area (Å²) >= 11 is 6.26. The van der Waals surface area contributed by atoms with Crippen molar-refractivity contribution in [2.24, 2.45) is 7.05 Å². The Kier molecular flexibility index (Phi) is 4.61. The van der Waals surface area contributed by atoms with E-state index in [1.54, 1.807) is 0 Å². The van der Waals surface area contributed by atoms with E-state index in [9.17, 15) is 0 Å². The second-order valence-electron chi connectivity index (χ2n) is 4.61. The summed E-state index contributed by atoms with van der Waals surface area (Å²) in [6.45, 7) is 6.49. The van der Waals surface area contributed by atoms with Crippen LogP contribution in [-0.2, 0) is 26.6 Å². The third kappa shape index (κ3) is 3.36. The molecule has 0 aromatic carbocycles. The summed E-state index contributed by atoms with van der Waals surface area (Å²) in [6, 6.07) is 0. The molecule has 0 saturated carbocycles. The lowest BCUT2D eigenvalue weighted by Gasteiger charge is -2.06. The van der Waals surface area contributed by atoms with Gasteiger partial charge >= 0.3 is 0 Å². The Morgan fingerprint density at radius 3 is 2.84 bits per heavy atom. The largest absolute Gasteiger partial charge is 0.311 e. The Morgan fingerprint density at radius 1 is 1.42 bits per heavy atom. The molecule has 0 bridgehead atoms. The predicted molar refractivity (Wildman–Crippen MR) is 76.3 cm³/mol. The van der Waals surface area contributed by atoms with Crippen molar-refractivity contribution in [3.8, 4) is 0 Å². The summed E-state index contributed by atoms with van der Waals surface area (Å²) in [4.78, 5) is 0. The van der Waals surface area contributed by atoms with E-state index >= 15 is 0 Å². The predicted octanol–water partition coefficient (Wildman–Crippen LogP) is 1.93. The summed E-state index contributed by atoms with van der Waals surface area (Å²) in [6.07, 6.45) is 4.90. The number of hydrogen-bond acceptors (Lipinski definition) is 3. The van der Waals surface area contributed by atoms with Gasteiger partial charge < -0.3 is 5.32 Å². The highest BCUT2D eigenvalue weighted by Crippen LogP contribution is 2.19. The van der Waals surface area contributed by atoms with Crippen LogP contribution < -0.4 is 5.32 Å². The Hall–Kier alpha value is -1.33. The van der Waals surface area contributed by atoms with Gasteiger partial charge in [-0.05, 0) is 32.4 Å². The molecular weight excluding hydrogens is 262 g/mol. The van der Waals surface area contributed by atoms with Crippen molar-refractivity contribution in [3.05, 3.63) is 34.4 Å². The van der Waals surface area contributed by atoms with Gasteiger partial charge in [0.25, 0.3) is 0 Å². The van der Waals surface area contributed by atoms with Crippen molar-refractivity contribution in [2.45, 2.75) is 33.4 Å². The van der Waals surface area contributed by atoms with Gasteiger partial charge in [0.1, 0.15) is 0 Å². The van der Waals surface area contributed by atoms with Gasteiger partial charge in [-0.1, -0.05) is 11.6 Å². The van der Waals surface area contributed by atoms with E-state index < -0.39 is 0 Å². The summed E-state index contributed by atoms with van der Waals surface area (Å²) < 4.78 is 3.77. The molecule has 2 rings (SSSR count). The molecule has 0 amide bonds. The summed E-state index contributed by atoms with van der Waals surface area (Å²) in [7, 11) is 1.93. The van der Waals surface area contributed by atoms with Crippen LogP contribution in [0.2, 0.25) is 5.02 Å². The van der Waals surface area contributed by atoms with Gasteiger partial charge in [0.15, 0.2) is 0 Å². The molecule has 6 heteroatoms. The van der Waals surface area contributed by atoms with Crippen LogP contribution in [0.5, 0.6) is 0 Å². The second-order valence-corrected chi connectivity index (χ2v) is 4.99. The molecule has 0 fully saturated rings. The Morgan fingerprint density at radius 2 is 2.21 bits per heavy atom. The lowest BCUT2D eigenvalue weighted by molar-refractivity contribution is 0.580. The van der Waals surface area contributed by atoms with Gasteiger partial charge in [0, 0.05) is 26.3 Å². The van der Waals surface area contributed by atoms with Gasteiger partial charge in [-0.3, -0.25) is 9.36 Å². The highest BCUT2D eigenvalue weighted by Gasteiger charge is 2.11. The molecule has 0 atom stereocenters. The molecule has 0 unspecified atom stereocenters. The Balaban J connectivity index is 1.85. The van der Waals surface area contributed by atoms with Gasteiger partial charge in [-0.25, -0.2) is 0 Å². The maximum absolute atomic E-state index is 6.26. The molecule has 104 valence electrons. The number of aryl methyl sites for hydroxylation is 3. The minimum absolute atomic E-state index is 0.744. The van der Waals surface area contributed by atoms with E-state index in [0.29, 0.717) is 0 Å². The minimum atomic E-state index is 0.744. The standard InChI is InChI=1S/C13H20ClN5/c1-4-19-12(13(14)10(2)17-19)8-15-6-5-11-7-16-18(3)9-11/h7,9,15H,4-6,8H2,1-3H3. The van der Waals surface area contributed by atoms with E-state index in [1.165, 1.54) is 5.56 Å². The summed E-state index contributed by atoms with van der Waals surface area (Å²) in [5, 5.41) is 12.7. The average molecular weight is 282 g/mol. The van der Waals surface area contributed by atoms with Crippen LogP contribution in [0.15, 0.2) is 12.4 Å². The van der Waals surface area contributed by atoms with Gasteiger partial charge in [-0.2, -0.15) is 10.2 Å². The number of nitrogens with one attached hydrogen (secondary N) is 1. The second kappa shape index (κ2) is 6.21. The van der Waals surface area contributed by atoms with E-state index in [4.69, 9.17) is 11.6 Å². The van der Waals surface area contributed by atoms with Crippen LogP contribution in [0.1, 0.15) is 23.9 Å². The average Bonchev–Trinajstić information content (AvgIpc) is 2.92. The van der Waals surface area contributed by atoms with E-state index in [2.05, 4.69) is 22.4 Å². The first-order valence-electron chi connectivity index (χ1n) is 6.51. The van der Waals surface area contributed by atoms with E-state index in [0.717, 1.165) is 42.5 Å². The lowest BCUT2D eigenvalue weighted by atomic mass is 10.2. The molecule has 0 radical (unpaired) electrons. The first kappa shape index (κ1) is 14.1. The Bertz CT molecular complexity index is 543. The van der Waals surface area contributed by atoms with Crippen LogP contribution in [0.4, 0.5) is 0 Å². The van der Waals surface area contributed by atoms with Crippen LogP contribution in [0, 0.1) is 6.92 Å². The monoisotopic (exact) mass is 281 g/mol. The molecule has 0 spiro atoms. The van der Waals surface area contributed by atoms with Gasteiger partial charge in [0.05, 0.1) is 22.6 Å². The molecule has 2 aromatic heterocycles. The number of hydrogen-bond donors (Lipinski definition) is 1.